The molecule has 7 nitrogen and oxygen atoms in total. The van der Waals surface area contributed by atoms with Crippen molar-refractivity contribution >= 4 is 22.9 Å². The Labute approximate surface area is 102 Å². The van der Waals surface area contributed by atoms with Gasteiger partial charge in [0.15, 0.2) is 0 Å². The summed E-state index contributed by atoms with van der Waals surface area (Å²) in [4.78, 5) is 20.0. The van der Waals surface area contributed by atoms with E-state index in [2.05, 4.69) is 25.5 Å². The molecule has 2 heterocycles. The molecule has 2 N–H and O–H groups in total. The molecular weight excluding hydrogens is 232 g/mol. The fourth-order valence-electron chi connectivity index (χ4n) is 1.72. The minimum atomic E-state index is -0.251. The van der Waals surface area contributed by atoms with E-state index in [-0.39, 0.29) is 5.91 Å². The first-order chi connectivity index (χ1) is 8.74. The summed E-state index contributed by atoms with van der Waals surface area (Å²) in [5, 5.41) is 8.83. The van der Waals surface area contributed by atoms with E-state index >= 15 is 0 Å². The number of carbonyl (C=O) groups excluding carboxylic acids is 1. The fraction of sp³-hybridized carbons (Fsp3) is 0.0909. The summed E-state index contributed by atoms with van der Waals surface area (Å²) in [6, 6.07) is 5.34. The van der Waals surface area contributed by atoms with Crippen molar-refractivity contribution in [2.75, 3.05) is 5.32 Å². The molecule has 0 spiro atoms. The smallest absolute Gasteiger partial charge is 0.258 e. The molecule has 0 atom stereocenters. The predicted octanol–water partition coefficient (Wildman–Crippen LogP) is 0.944. The van der Waals surface area contributed by atoms with Gasteiger partial charge in [0.05, 0.1) is 17.4 Å². The molecule has 0 aliphatic carbocycles. The summed E-state index contributed by atoms with van der Waals surface area (Å²) >= 11 is 0. The molecule has 18 heavy (non-hydrogen) atoms. The van der Waals surface area contributed by atoms with E-state index in [1.807, 2.05) is 17.7 Å². The Kier molecular flexibility index (Phi) is 2.30. The van der Waals surface area contributed by atoms with E-state index in [0.29, 0.717) is 11.5 Å². The van der Waals surface area contributed by atoms with Crippen molar-refractivity contribution in [3.63, 3.8) is 0 Å². The highest BCUT2D eigenvalue weighted by atomic mass is 16.1. The third kappa shape index (κ3) is 1.71. The first-order valence-electron chi connectivity index (χ1n) is 5.32. The SMILES string of the molecule is Cn1cnc2cc(C(=O)Nc3ncn[nH]3)ccc21. The molecule has 90 valence electrons. The van der Waals surface area contributed by atoms with Crippen LogP contribution in [0.4, 0.5) is 5.95 Å². The lowest BCUT2D eigenvalue weighted by Gasteiger charge is -2.01. The van der Waals surface area contributed by atoms with Crippen LogP contribution in [0.3, 0.4) is 0 Å². The van der Waals surface area contributed by atoms with Gasteiger partial charge in [-0.15, -0.1) is 0 Å². The molecule has 0 saturated carbocycles. The van der Waals surface area contributed by atoms with Gasteiger partial charge in [0, 0.05) is 12.6 Å². The van der Waals surface area contributed by atoms with Crippen LogP contribution in [0.2, 0.25) is 0 Å². The molecule has 1 aromatic carbocycles. The number of nitrogens with zero attached hydrogens (tertiary/aromatic N) is 4. The van der Waals surface area contributed by atoms with Crippen molar-refractivity contribution in [2.45, 2.75) is 0 Å². The van der Waals surface area contributed by atoms with Crippen LogP contribution in [0, 0.1) is 0 Å². The lowest BCUT2D eigenvalue weighted by molar-refractivity contribution is 0.102. The Hall–Kier alpha value is -2.70. The lowest BCUT2D eigenvalue weighted by Crippen LogP contribution is -2.12. The standard InChI is InChI=1S/C11H10N6O/c1-17-6-13-8-4-7(2-3-9(8)17)10(18)15-11-12-5-14-16-11/h2-6H,1H3,(H2,12,14,15,16,18). The number of carbonyl (C=O) groups is 1. The number of anilines is 1. The fourth-order valence-corrected chi connectivity index (χ4v) is 1.72. The van der Waals surface area contributed by atoms with Gasteiger partial charge in [-0.1, -0.05) is 0 Å². The third-order valence-electron chi connectivity index (χ3n) is 2.63. The average molecular weight is 242 g/mol. The Morgan fingerprint density at radius 1 is 1.39 bits per heavy atom. The van der Waals surface area contributed by atoms with Gasteiger partial charge in [-0.05, 0) is 18.2 Å². The molecule has 0 bridgehead atoms. The molecule has 7 heteroatoms. The van der Waals surface area contributed by atoms with Gasteiger partial charge >= 0.3 is 0 Å². The number of aromatic amines is 1. The number of fused-ring (bicyclic) bond motifs is 1. The van der Waals surface area contributed by atoms with Gasteiger partial charge in [-0.25, -0.2) is 10.1 Å². The zero-order chi connectivity index (χ0) is 12.5. The molecule has 3 aromatic rings. The van der Waals surface area contributed by atoms with Crippen molar-refractivity contribution in [3.05, 3.63) is 36.4 Å². The van der Waals surface area contributed by atoms with Gasteiger partial charge in [-0.2, -0.15) is 10.1 Å². The Morgan fingerprint density at radius 3 is 3.06 bits per heavy atom. The number of benzene rings is 1. The molecule has 0 aliphatic heterocycles. The third-order valence-corrected chi connectivity index (χ3v) is 2.63. The van der Waals surface area contributed by atoms with Crippen LogP contribution in [-0.4, -0.2) is 30.6 Å². The summed E-state index contributed by atoms with van der Waals surface area (Å²) in [6.07, 6.45) is 3.04. The molecule has 1 amide bonds. The molecule has 0 saturated heterocycles. The highest BCUT2D eigenvalue weighted by Gasteiger charge is 2.09. The van der Waals surface area contributed by atoms with E-state index in [1.54, 1.807) is 18.5 Å². The van der Waals surface area contributed by atoms with Gasteiger partial charge in [-0.3, -0.25) is 10.1 Å². The zero-order valence-corrected chi connectivity index (χ0v) is 9.58. The number of rotatable bonds is 2. The second-order valence-electron chi connectivity index (χ2n) is 3.85. The number of hydrogen-bond acceptors (Lipinski definition) is 4. The van der Waals surface area contributed by atoms with E-state index in [9.17, 15) is 4.79 Å². The number of aromatic nitrogens is 5. The summed E-state index contributed by atoms with van der Waals surface area (Å²) in [6.45, 7) is 0. The Bertz CT molecular complexity index is 699. The summed E-state index contributed by atoms with van der Waals surface area (Å²) in [5.41, 5.74) is 2.28. The molecule has 3 rings (SSSR count). The average Bonchev–Trinajstić information content (AvgIpc) is 2.99. The maximum absolute atomic E-state index is 11.9. The van der Waals surface area contributed by atoms with Gasteiger partial charge in [0.25, 0.3) is 5.91 Å². The predicted molar refractivity (Wildman–Crippen MR) is 65.0 cm³/mol. The van der Waals surface area contributed by atoms with Crippen LogP contribution in [0.5, 0.6) is 0 Å². The van der Waals surface area contributed by atoms with Crippen LogP contribution < -0.4 is 5.32 Å². The molecule has 0 fully saturated rings. The number of hydrogen-bond donors (Lipinski definition) is 2. The van der Waals surface area contributed by atoms with Crippen LogP contribution in [0.1, 0.15) is 10.4 Å². The number of nitrogens with one attached hydrogen (secondary N) is 2. The van der Waals surface area contributed by atoms with Crippen molar-refractivity contribution in [1.82, 2.24) is 24.7 Å². The van der Waals surface area contributed by atoms with Gasteiger partial charge in [0.1, 0.15) is 6.33 Å². The van der Waals surface area contributed by atoms with Crippen molar-refractivity contribution < 1.29 is 4.79 Å². The monoisotopic (exact) mass is 242 g/mol. The molecule has 0 aliphatic rings. The zero-order valence-electron chi connectivity index (χ0n) is 9.58. The van der Waals surface area contributed by atoms with Gasteiger partial charge < -0.3 is 4.57 Å². The lowest BCUT2D eigenvalue weighted by atomic mass is 10.2. The van der Waals surface area contributed by atoms with Gasteiger partial charge in [0.2, 0.25) is 5.95 Å². The van der Waals surface area contributed by atoms with Crippen LogP contribution in [0.25, 0.3) is 11.0 Å². The van der Waals surface area contributed by atoms with Crippen molar-refractivity contribution in [3.8, 4) is 0 Å². The van der Waals surface area contributed by atoms with Crippen molar-refractivity contribution in [1.29, 1.82) is 0 Å². The van der Waals surface area contributed by atoms with Crippen LogP contribution in [0.15, 0.2) is 30.9 Å². The maximum Gasteiger partial charge on any atom is 0.258 e. The normalized spacial score (nSPS) is 10.7. The highest BCUT2D eigenvalue weighted by Crippen LogP contribution is 2.14. The second-order valence-corrected chi connectivity index (χ2v) is 3.85. The molecule has 0 unspecified atom stereocenters. The number of amides is 1. The number of imidazole rings is 1. The minimum Gasteiger partial charge on any atom is -0.334 e. The molecule has 0 radical (unpaired) electrons. The topological polar surface area (TPSA) is 88.5 Å². The molecule has 2 aromatic heterocycles. The van der Waals surface area contributed by atoms with E-state index in [0.717, 1.165) is 11.0 Å². The maximum atomic E-state index is 11.9. The summed E-state index contributed by atoms with van der Waals surface area (Å²) < 4.78 is 1.90. The quantitative estimate of drug-likeness (QED) is 0.700. The molecular formula is C11H10N6O. The Balaban J connectivity index is 1.92. The summed E-state index contributed by atoms with van der Waals surface area (Å²) in [7, 11) is 1.91. The highest BCUT2D eigenvalue weighted by molar-refractivity contribution is 6.05. The van der Waals surface area contributed by atoms with E-state index in [1.165, 1.54) is 6.33 Å². The first kappa shape index (κ1) is 10.5. The van der Waals surface area contributed by atoms with E-state index < -0.39 is 0 Å². The van der Waals surface area contributed by atoms with Crippen LogP contribution >= 0.6 is 0 Å². The largest absolute Gasteiger partial charge is 0.334 e. The summed E-state index contributed by atoms with van der Waals surface area (Å²) in [5.74, 6) is 0.0698. The van der Waals surface area contributed by atoms with Crippen molar-refractivity contribution in [2.24, 2.45) is 7.05 Å². The van der Waals surface area contributed by atoms with E-state index in [4.69, 9.17) is 0 Å². The minimum absolute atomic E-state index is 0.251. The Morgan fingerprint density at radius 2 is 2.28 bits per heavy atom. The second kappa shape index (κ2) is 3.95. The first-order valence-corrected chi connectivity index (χ1v) is 5.32. The van der Waals surface area contributed by atoms with Crippen LogP contribution in [-0.2, 0) is 7.05 Å². The number of H-pyrrole nitrogens is 1. The number of aryl methyl sites for hydroxylation is 1.